The molecule has 1 saturated carbocycles. The second-order valence-electron chi connectivity index (χ2n) is 4.35. The molecule has 0 atom stereocenters. The van der Waals surface area contributed by atoms with Gasteiger partial charge in [0.15, 0.2) is 0 Å². The molecule has 7 heteroatoms. The Labute approximate surface area is 113 Å². The Balaban J connectivity index is 1.72. The Bertz CT molecular complexity index is 644. The van der Waals surface area contributed by atoms with Crippen LogP contribution < -0.4 is 0 Å². The van der Waals surface area contributed by atoms with Crippen LogP contribution in [0.5, 0.6) is 0 Å². The van der Waals surface area contributed by atoms with E-state index in [0.717, 1.165) is 23.6 Å². The molecule has 0 spiro atoms. The summed E-state index contributed by atoms with van der Waals surface area (Å²) in [6.45, 7) is 0. The Morgan fingerprint density at radius 3 is 3.05 bits per heavy atom. The summed E-state index contributed by atoms with van der Waals surface area (Å²) in [6.07, 6.45) is 2.24. The van der Waals surface area contributed by atoms with Crippen molar-refractivity contribution in [2.45, 2.75) is 29.8 Å². The maximum absolute atomic E-state index is 13.2. The molecule has 3 rings (SSSR count). The first-order chi connectivity index (χ1) is 9.28. The van der Waals surface area contributed by atoms with E-state index in [1.54, 1.807) is 12.1 Å². The van der Waals surface area contributed by atoms with Gasteiger partial charge in [-0.25, -0.2) is 9.07 Å². The molecule has 0 aliphatic heterocycles. The summed E-state index contributed by atoms with van der Waals surface area (Å²) in [5.74, 6) is 0.126. The summed E-state index contributed by atoms with van der Waals surface area (Å²) in [4.78, 5) is 0. The predicted octanol–water partition coefficient (Wildman–Crippen LogP) is 2.31. The smallest absolute Gasteiger partial charge is 0.209 e. The van der Waals surface area contributed by atoms with E-state index in [1.807, 2.05) is 10.8 Å². The van der Waals surface area contributed by atoms with Gasteiger partial charge in [-0.15, -0.1) is 5.10 Å². The van der Waals surface area contributed by atoms with Crippen LogP contribution in [0.2, 0.25) is 0 Å². The second kappa shape index (κ2) is 4.97. The van der Waals surface area contributed by atoms with Crippen molar-refractivity contribution in [1.82, 2.24) is 20.2 Å². The van der Waals surface area contributed by atoms with Crippen molar-refractivity contribution in [2.75, 3.05) is 0 Å². The van der Waals surface area contributed by atoms with Crippen LogP contribution in [0.3, 0.4) is 0 Å². The largest absolute Gasteiger partial charge is 0.217 e. The number of nitriles is 1. The van der Waals surface area contributed by atoms with Crippen molar-refractivity contribution < 1.29 is 4.39 Å². The lowest BCUT2D eigenvalue weighted by atomic mass is 10.1. The summed E-state index contributed by atoms with van der Waals surface area (Å²) in [5.41, 5.74) is 0.952. The number of hydrogen-bond donors (Lipinski definition) is 0. The molecule has 1 heterocycles. The van der Waals surface area contributed by atoms with Crippen molar-refractivity contribution in [2.24, 2.45) is 0 Å². The molecule has 96 valence electrons. The molecular formula is C12H10FN5S. The molecule has 2 aromatic rings. The summed E-state index contributed by atoms with van der Waals surface area (Å²) >= 11 is 1.50. The fourth-order valence-corrected chi connectivity index (χ4v) is 2.61. The average molecular weight is 275 g/mol. The Morgan fingerprint density at radius 2 is 2.32 bits per heavy atom. The molecule has 0 bridgehead atoms. The quantitative estimate of drug-likeness (QED) is 0.801. The van der Waals surface area contributed by atoms with Crippen molar-refractivity contribution in [3.8, 4) is 6.07 Å². The van der Waals surface area contributed by atoms with Crippen LogP contribution in [0.1, 0.15) is 30.0 Å². The molecule has 19 heavy (non-hydrogen) atoms. The third kappa shape index (κ3) is 2.58. The number of thioether (sulfide) groups is 1. The van der Waals surface area contributed by atoms with E-state index >= 15 is 0 Å². The molecule has 5 nitrogen and oxygen atoms in total. The molecule has 0 N–H and O–H groups in total. The van der Waals surface area contributed by atoms with E-state index in [9.17, 15) is 4.39 Å². The molecule has 1 aliphatic rings. The molecule has 1 aromatic carbocycles. The zero-order chi connectivity index (χ0) is 13.2. The topological polar surface area (TPSA) is 67.4 Å². The lowest BCUT2D eigenvalue weighted by Crippen LogP contribution is -1.99. The summed E-state index contributed by atoms with van der Waals surface area (Å²) in [5, 5.41) is 21.2. The normalized spacial score (nSPS) is 14.3. The van der Waals surface area contributed by atoms with E-state index in [0.29, 0.717) is 11.8 Å². The van der Waals surface area contributed by atoms with Crippen LogP contribution in [0.15, 0.2) is 23.4 Å². The summed E-state index contributed by atoms with van der Waals surface area (Å²) in [6, 6.07) is 6.83. The van der Waals surface area contributed by atoms with Gasteiger partial charge in [0.05, 0.1) is 11.6 Å². The fourth-order valence-electron chi connectivity index (χ4n) is 1.72. The van der Waals surface area contributed by atoms with Gasteiger partial charge >= 0.3 is 0 Å². The number of tetrazole rings is 1. The zero-order valence-corrected chi connectivity index (χ0v) is 10.8. The minimum atomic E-state index is -0.487. The van der Waals surface area contributed by atoms with Gasteiger partial charge in [-0.2, -0.15) is 5.26 Å². The number of aromatic nitrogens is 4. The standard InChI is InChI=1S/C12H10FN5S/c13-11-4-1-8(5-9(11)6-14)7-19-12-15-16-17-18(12)10-2-3-10/h1,4-5,10H,2-3,7H2. The Hall–Kier alpha value is -1.94. The van der Waals surface area contributed by atoms with E-state index in [1.165, 1.54) is 17.8 Å². The first kappa shape index (κ1) is 12.1. The number of hydrogen-bond acceptors (Lipinski definition) is 5. The van der Waals surface area contributed by atoms with Gasteiger partial charge in [-0.3, -0.25) is 0 Å². The highest BCUT2D eigenvalue weighted by atomic mass is 32.2. The minimum Gasteiger partial charge on any atom is -0.217 e. The van der Waals surface area contributed by atoms with Crippen LogP contribution in [0, 0.1) is 17.1 Å². The number of halogens is 1. The van der Waals surface area contributed by atoms with Crippen LogP contribution >= 0.6 is 11.8 Å². The predicted molar refractivity (Wildman–Crippen MR) is 66.8 cm³/mol. The highest BCUT2D eigenvalue weighted by Crippen LogP contribution is 2.36. The molecule has 1 aliphatic carbocycles. The molecule has 0 unspecified atom stereocenters. The average Bonchev–Trinajstić information content (AvgIpc) is 3.17. The highest BCUT2D eigenvalue weighted by Gasteiger charge is 2.27. The maximum atomic E-state index is 13.2. The molecular weight excluding hydrogens is 265 g/mol. The lowest BCUT2D eigenvalue weighted by molar-refractivity contribution is 0.565. The maximum Gasteiger partial charge on any atom is 0.209 e. The molecule has 1 fully saturated rings. The third-order valence-corrected chi connectivity index (χ3v) is 3.88. The molecule has 0 saturated heterocycles. The molecule has 1 aromatic heterocycles. The summed E-state index contributed by atoms with van der Waals surface area (Å²) < 4.78 is 15.0. The van der Waals surface area contributed by atoms with Crippen LogP contribution in [-0.4, -0.2) is 20.2 Å². The Morgan fingerprint density at radius 1 is 1.47 bits per heavy atom. The van der Waals surface area contributed by atoms with Gasteiger partial charge in [0, 0.05) is 5.75 Å². The van der Waals surface area contributed by atoms with Crippen molar-refractivity contribution in [3.05, 3.63) is 35.1 Å². The number of rotatable bonds is 4. The monoisotopic (exact) mass is 275 g/mol. The summed E-state index contributed by atoms with van der Waals surface area (Å²) in [7, 11) is 0. The van der Waals surface area contributed by atoms with Crippen molar-refractivity contribution in [3.63, 3.8) is 0 Å². The molecule has 0 radical (unpaired) electrons. The second-order valence-corrected chi connectivity index (χ2v) is 5.29. The SMILES string of the molecule is N#Cc1cc(CSc2nnnn2C2CC2)ccc1F. The lowest BCUT2D eigenvalue weighted by Gasteiger charge is -2.03. The minimum absolute atomic E-state index is 0.0693. The van der Waals surface area contributed by atoms with E-state index in [-0.39, 0.29) is 5.56 Å². The van der Waals surface area contributed by atoms with E-state index in [2.05, 4.69) is 15.5 Å². The van der Waals surface area contributed by atoms with Crippen molar-refractivity contribution in [1.29, 1.82) is 5.26 Å². The number of benzene rings is 1. The fraction of sp³-hybridized carbons (Fsp3) is 0.333. The van der Waals surface area contributed by atoms with Gasteiger partial charge < -0.3 is 0 Å². The first-order valence-corrected chi connectivity index (χ1v) is 6.85. The third-order valence-electron chi connectivity index (χ3n) is 2.87. The van der Waals surface area contributed by atoms with Crippen LogP contribution in [0.25, 0.3) is 0 Å². The van der Waals surface area contributed by atoms with Gasteiger partial charge in [-0.1, -0.05) is 17.8 Å². The Kier molecular flexibility index (Phi) is 3.17. The zero-order valence-electron chi connectivity index (χ0n) is 9.95. The number of nitrogens with zero attached hydrogens (tertiary/aromatic N) is 5. The highest BCUT2D eigenvalue weighted by molar-refractivity contribution is 7.98. The van der Waals surface area contributed by atoms with E-state index in [4.69, 9.17) is 5.26 Å². The molecule has 0 amide bonds. The first-order valence-electron chi connectivity index (χ1n) is 5.87. The van der Waals surface area contributed by atoms with Gasteiger partial charge in [0.25, 0.3) is 0 Å². The van der Waals surface area contributed by atoms with Crippen LogP contribution in [0.4, 0.5) is 4.39 Å². The van der Waals surface area contributed by atoms with E-state index < -0.39 is 5.82 Å². The van der Waals surface area contributed by atoms with Gasteiger partial charge in [-0.05, 0) is 41.0 Å². The van der Waals surface area contributed by atoms with Crippen molar-refractivity contribution >= 4 is 11.8 Å². The van der Waals surface area contributed by atoms with Crippen LogP contribution in [-0.2, 0) is 5.75 Å². The van der Waals surface area contributed by atoms with Gasteiger partial charge in [0.1, 0.15) is 11.9 Å². The van der Waals surface area contributed by atoms with Gasteiger partial charge in [0.2, 0.25) is 5.16 Å².